The molecule has 2 N–H and O–H groups in total. The molecule has 2 saturated heterocycles. The van der Waals surface area contributed by atoms with E-state index in [0.717, 1.165) is 25.7 Å². The number of carbonyl (C=O) groups is 2. The van der Waals surface area contributed by atoms with E-state index in [1.54, 1.807) is 16.8 Å². The molecule has 0 bridgehead atoms. The van der Waals surface area contributed by atoms with E-state index in [4.69, 9.17) is 9.47 Å². The van der Waals surface area contributed by atoms with Gasteiger partial charge in [-0.05, 0) is 18.9 Å². The van der Waals surface area contributed by atoms with Crippen LogP contribution in [0, 0.1) is 0 Å². The highest BCUT2D eigenvalue weighted by atomic mass is 16.5. The number of imide groups is 1. The summed E-state index contributed by atoms with van der Waals surface area (Å²) in [6.07, 6.45) is 7.08. The predicted octanol–water partition coefficient (Wildman–Crippen LogP) is 0.686. The average Bonchev–Trinajstić information content (AvgIpc) is 3.32. The Balaban J connectivity index is 1.52. The summed E-state index contributed by atoms with van der Waals surface area (Å²) in [5.41, 5.74) is 1.56. The highest BCUT2D eigenvalue weighted by molar-refractivity contribution is 6.15. The zero-order valence-corrected chi connectivity index (χ0v) is 15.2. The van der Waals surface area contributed by atoms with Crippen molar-refractivity contribution in [2.45, 2.75) is 44.2 Å². The molecule has 2 amide bonds. The molecule has 28 heavy (non-hydrogen) atoms. The summed E-state index contributed by atoms with van der Waals surface area (Å²) in [6, 6.07) is 0.646. The van der Waals surface area contributed by atoms with E-state index in [1.807, 2.05) is 0 Å². The molecule has 1 aliphatic carbocycles. The minimum Gasteiger partial charge on any atom is -0.460 e. The van der Waals surface area contributed by atoms with Gasteiger partial charge in [-0.3, -0.25) is 14.9 Å². The number of rotatable bonds is 5. The maximum absolute atomic E-state index is 11.9. The number of hydrogen-bond donors (Lipinski definition) is 2. The van der Waals surface area contributed by atoms with Crippen LogP contribution in [-0.4, -0.2) is 56.8 Å². The minimum absolute atomic E-state index is 0.00734. The number of nitrogens with zero attached hydrogens (tertiary/aromatic N) is 4. The number of carbonyl (C=O) groups excluding carboxylic acids is 2. The standard InChI is InChI=1S/C18H20N6O4/c25-14-8-10(16(26)21-14)7-11-9-19-24-15(11)22-18(23-17(24)20-12-1-2-12)28-13-3-5-27-6-4-13/h7,9,12-13H,1-6,8H2,(H,20,22,23)(H,21,25,26)/b10-7+. The Hall–Kier alpha value is -3.01. The van der Waals surface area contributed by atoms with Crippen LogP contribution in [0.15, 0.2) is 11.8 Å². The van der Waals surface area contributed by atoms with Crippen molar-refractivity contribution in [1.82, 2.24) is 24.9 Å². The van der Waals surface area contributed by atoms with Crippen LogP contribution in [0.1, 0.15) is 37.7 Å². The van der Waals surface area contributed by atoms with Crippen molar-refractivity contribution >= 4 is 29.5 Å². The van der Waals surface area contributed by atoms with Gasteiger partial charge in [0.1, 0.15) is 6.10 Å². The zero-order valence-electron chi connectivity index (χ0n) is 15.2. The zero-order chi connectivity index (χ0) is 19.1. The summed E-state index contributed by atoms with van der Waals surface area (Å²) >= 11 is 0. The Labute approximate surface area is 160 Å². The summed E-state index contributed by atoms with van der Waals surface area (Å²) in [5, 5.41) is 10.00. The number of nitrogens with one attached hydrogen (secondary N) is 2. The molecule has 4 heterocycles. The third-order valence-electron chi connectivity index (χ3n) is 4.95. The summed E-state index contributed by atoms with van der Waals surface area (Å²) < 4.78 is 13.0. The Bertz CT molecular complexity index is 974. The third-order valence-corrected chi connectivity index (χ3v) is 4.95. The van der Waals surface area contributed by atoms with Gasteiger partial charge in [0.25, 0.3) is 5.91 Å². The first kappa shape index (κ1) is 17.1. The van der Waals surface area contributed by atoms with Gasteiger partial charge in [0.15, 0.2) is 5.65 Å². The average molecular weight is 384 g/mol. The number of anilines is 1. The lowest BCUT2D eigenvalue weighted by Crippen LogP contribution is -2.27. The summed E-state index contributed by atoms with van der Waals surface area (Å²) in [4.78, 5) is 32.4. The Morgan fingerprint density at radius 1 is 1.21 bits per heavy atom. The van der Waals surface area contributed by atoms with Gasteiger partial charge in [-0.25, -0.2) is 0 Å². The van der Waals surface area contributed by atoms with Gasteiger partial charge in [0.2, 0.25) is 11.9 Å². The lowest BCUT2D eigenvalue weighted by Gasteiger charge is -2.22. The van der Waals surface area contributed by atoms with E-state index in [1.165, 1.54) is 0 Å². The summed E-state index contributed by atoms with van der Waals surface area (Å²) in [6.45, 7) is 1.32. The van der Waals surface area contributed by atoms with Crippen LogP contribution < -0.4 is 15.4 Å². The molecule has 0 spiro atoms. The van der Waals surface area contributed by atoms with Crippen molar-refractivity contribution in [2.24, 2.45) is 0 Å². The van der Waals surface area contributed by atoms with Gasteiger partial charge < -0.3 is 14.8 Å². The maximum Gasteiger partial charge on any atom is 0.322 e. The van der Waals surface area contributed by atoms with E-state index >= 15 is 0 Å². The fourth-order valence-corrected chi connectivity index (χ4v) is 3.28. The third kappa shape index (κ3) is 3.42. The van der Waals surface area contributed by atoms with Crippen molar-refractivity contribution < 1.29 is 19.1 Å². The molecule has 3 fully saturated rings. The Kier molecular flexibility index (Phi) is 4.19. The lowest BCUT2D eigenvalue weighted by atomic mass is 10.1. The lowest BCUT2D eigenvalue weighted by molar-refractivity contribution is -0.124. The monoisotopic (exact) mass is 384 g/mol. The van der Waals surface area contributed by atoms with E-state index in [0.29, 0.717) is 42.0 Å². The molecule has 10 heteroatoms. The smallest absolute Gasteiger partial charge is 0.322 e. The molecule has 5 rings (SSSR count). The van der Waals surface area contributed by atoms with Crippen LogP contribution >= 0.6 is 0 Å². The molecule has 1 saturated carbocycles. The molecule has 3 aliphatic rings. The van der Waals surface area contributed by atoms with Gasteiger partial charge in [0, 0.05) is 30.0 Å². The van der Waals surface area contributed by atoms with Crippen LogP contribution in [0.25, 0.3) is 11.7 Å². The van der Waals surface area contributed by atoms with E-state index < -0.39 is 0 Å². The topological polar surface area (TPSA) is 120 Å². The molecule has 2 aromatic heterocycles. The first-order valence-electron chi connectivity index (χ1n) is 9.47. The summed E-state index contributed by atoms with van der Waals surface area (Å²) in [5.74, 6) is -0.124. The van der Waals surface area contributed by atoms with Gasteiger partial charge in [-0.15, -0.1) is 0 Å². The molecular formula is C18H20N6O4. The molecule has 0 unspecified atom stereocenters. The molecular weight excluding hydrogens is 364 g/mol. The number of fused-ring (bicyclic) bond motifs is 1. The highest BCUT2D eigenvalue weighted by Gasteiger charge is 2.27. The fourth-order valence-electron chi connectivity index (χ4n) is 3.28. The second kappa shape index (κ2) is 6.86. The van der Waals surface area contributed by atoms with E-state index in [2.05, 4.69) is 25.7 Å². The molecule has 146 valence electrons. The van der Waals surface area contributed by atoms with Gasteiger partial charge >= 0.3 is 6.01 Å². The summed E-state index contributed by atoms with van der Waals surface area (Å²) in [7, 11) is 0. The maximum atomic E-state index is 11.9. The fraction of sp³-hybridized carbons (Fsp3) is 0.500. The van der Waals surface area contributed by atoms with Crippen LogP contribution in [0.2, 0.25) is 0 Å². The number of hydrogen-bond acceptors (Lipinski definition) is 8. The largest absolute Gasteiger partial charge is 0.460 e. The highest BCUT2D eigenvalue weighted by Crippen LogP contribution is 2.27. The molecule has 2 aliphatic heterocycles. The molecule has 2 aromatic rings. The quantitative estimate of drug-likeness (QED) is 0.571. The first-order valence-corrected chi connectivity index (χ1v) is 9.47. The predicted molar refractivity (Wildman–Crippen MR) is 97.6 cm³/mol. The molecule has 0 radical (unpaired) electrons. The minimum atomic E-state index is -0.381. The van der Waals surface area contributed by atoms with E-state index in [9.17, 15) is 9.59 Å². The first-order chi connectivity index (χ1) is 13.7. The van der Waals surface area contributed by atoms with Gasteiger partial charge in [-0.1, -0.05) is 0 Å². The SMILES string of the molecule is O=C1C/C(=C\c2cnn3c(NC4CC4)nc(OC4CCOCC4)nc23)C(=O)N1. The second-order valence-corrected chi connectivity index (χ2v) is 7.24. The van der Waals surface area contributed by atoms with Gasteiger partial charge in [0.05, 0.1) is 25.8 Å². The Morgan fingerprint density at radius 3 is 2.75 bits per heavy atom. The van der Waals surface area contributed by atoms with Crippen molar-refractivity contribution in [1.29, 1.82) is 0 Å². The van der Waals surface area contributed by atoms with Gasteiger partial charge in [-0.2, -0.15) is 19.6 Å². The van der Waals surface area contributed by atoms with E-state index in [-0.39, 0.29) is 30.3 Å². The van der Waals surface area contributed by atoms with Crippen LogP contribution in [0.3, 0.4) is 0 Å². The van der Waals surface area contributed by atoms with Crippen LogP contribution in [-0.2, 0) is 14.3 Å². The second-order valence-electron chi connectivity index (χ2n) is 7.24. The molecule has 0 atom stereocenters. The normalized spacial score (nSPS) is 22.1. The van der Waals surface area contributed by atoms with Crippen molar-refractivity contribution in [3.8, 4) is 6.01 Å². The number of aromatic nitrogens is 4. The van der Waals surface area contributed by atoms with Crippen molar-refractivity contribution in [3.63, 3.8) is 0 Å². The van der Waals surface area contributed by atoms with Crippen LogP contribution in [0.4, 0.5) is 5.95 Å². The van der Waals surface area contributed by atoms with Crippen LogP contribution in [0.5, 0.6) is 6.01 Å². The number of ether oxygens (including phenoxy) is 2. The molecule has 0 aromatic carbocycles. The van der Waals surface area contributed by atoms with Crippen molar-refractivity contribution in [3.05, 3.63) is 17.3 Å². The van der Waals surface area contributed by atoms with Crippen molar-refractivity contribution in [2.75, 3.05) is 18.5 Å². The molecule has 10 nitrogen and oxygen atoms in total. The number of amides is 2. The Morgan fingerprint density at radius 2 is 2.04 bits per heavy atom.